The van der Waals surface area contributed by atoms with Crippen LogP contribution in [0.25, 0.3) is 0 Å². The first-order chi connectivity index (χ1) is 2.89. The van der Waals surface area contributed by atoms with Gasteiger partial charge in [-0.3, -0.25) is 0 Å². The first kappa shape index (κ1) is 3.53. The summed E-state index contributed by atoms with van der Waals surface area (Å²) in [5, 5.41) is 3.02. The number of hydrogen-bond donors (Lipinski definition) is 1. The largest absolute Gasteiger partial charge is 0.373 e. The van der Waals surface area contributed by atoms with Gasteiger partial charge in [0.25, 0.3) is 0 Å². The second-order valence-electron chi connectivity index (χ2n) is 1.43. The lowest BCUT2D eigenvalue weighted by Crippen LogP contribution is -2.14. The van der Waals surface area contributed by atoms with Gasteiger partial charge in [0.2, 0.25) is 0 Å². The summed E-state index contributed by atoms with van der Waals surface area (Å²) in [5.41, 5.74) is 0. The van der Waals surface area contributed by atoms with Gasteiger partial charge in [-0.25, -0.2) is 0 Å². The van der Waals surface area contributed by atoms with Crippen molar-refractivity contribution in [2.75, 3.05) is 13.7 Å². The predicted octanol–water partition coefficient (Wildman–Crippen LogP) is -0.0499. The molecule has 0 unspecified atom stereocenters. The summed E-state index contributed by atoms with van der Waals surface area (Å²) in [4.78, 5) is 2.07. The van der Waals surface area contributed by atoms with Crippen molar-refractivity contribution in [3.63, 3.8) is 0 Å². The fraction of sp³-hybridized carbons (Fsp3) is 0.500. The zero-order chi connectivity index (χ0) is 4.41. The third kappa shape index (κ3) is 0.455. The number of nitrogens with one attached hydrogen (secondary N) is 1. The van der Waals surface area contributed by atoms with Gasteiger partial charge >= 0.3 is 0 Å². The van der Waals surface area contributed by atoms with E-state index in [1.54, 1.807) is 0 Å². The van der Waals surface area contributed by atoms with Crippen molar-refractivity contribution in [2.24, 2.45) is 0 Å². The smallest absolute Gasteiger partial charge is 0.0864 e. The van der Waals surface area contributed by atoms with Crippen LogP contribution in [0.1, 0.15) is 0 Å². The summed E-state index contributed by atoms with van der Waals surface area (Å²) >= 11 is 0. The Labute approximate surface area is 37.4 Å². The second kappa shape index (κ2) is 1.20. The van der Waals surface area contributed by atoms with Crippen LogP contribution < -0.4 is 5.32 Å². The fourth-order valence-electron chi connectivity index (χ4n) is 0.429. The highest BCUT2D eigenvalue weighted by atomic mass is 15.2. The van der Waals surface area contributed by atoms with Gasteiger partial charge in [-0.1, -0.05) is 0 Å². The van der Waals surface area contributed by atoms with Crippen LogP contribution in [0.2, 0.25) is 0 Å². The van der Waals surface area contributed by atoms with Gasteiger partial charge in [0.15, 0.2) is 0 Å². The Hall–Kier alpha value is -0.660. The third-order valence-corrected chi connectivity index (χ3v) is 0.788. The van der Waals surface area contributed by atoms with Crippen molar-refractivity contribution in [3.8, 4) is 0 Å². The maximum atomic E-state index is 3.02. The zero-order valence-electron chi connectivity index (χ0n) is 3.81. The summed E-state index contributed by atoms with van der Waals surface area (Å²) in [7, 11) is 2.02. The standard InChI is InChI=1S/C4H8N2/c1-6-3-2-5-4-6/h2-3,5H,4H2,1H3. The van der Waals surface area contributed by atoms with Crippen LogP contribution in [0.3, 0.4) is 0 Å². The number of rotatable bonds is 0. The lowest BCUT2D eigenvalue weighted by molar-refractivity contribution is 0.474. The van der Waals surface area contributed by atoms with E-state index in [0.29, 0.717) is 0 Å². The quantitative estimate of drug-likeness (QED) is 0.442. The van der Waals surface area contributed by atoms with Gasteiger partial charge in [0.1, 0.15) is 0 Å². The van der Waals surface area contributed by atoms with Gasteiger partial charge in [-0.05, 0) is 0 Å². The molecule has 0 aromatic heterocycles. The highest BCUT2D eigenvalue weighted by Gasteiger charge is 1.90. The fourth-order valence-corrected chi connectivity index (χ4v) is 0.429. The maximum absolute atomic E-state index is 3.02. The van der Waals surface area contributed by atoms with Crippen LogP contribution >= 0.6 is 0 Å². The molecule has 2 heteroatoms. The molecular formula is C4H8N2. The lowest BCUT2D eigenvalue weighted by atomic mass is 10.9. The van der Waals surface area contributed by atoms with E-state index in [1.165, 1.54) is 0 Å². The molecule has 6 heavy (non-hydrogen) atoms. The Morgan fingerprint density at radius 3 is 2.83 bits per heavy atom. The van der Waals surface area contributed by atoms with E-state index < -0.39 is 0 Å². The van der Waals surface area contributed by atoms with Crippen molar-refractivity contribution < 1.29 is 0 Å². The molecule has 0 radical (unpaired) electrons. The molecule has 0 amide bonds. The Kier molecular flexibility index (Phi) is 0.708. The molecule has 1 heterocycles. The highest BCUT2D eigenvalue weighted by Crippen LogP contribution is 1.84. The third-order valence-electron chi connectivity index (χ3n) is 0.788. The SMILES string of the molecule is CN1C=CNC1. The average molecular weight is 84.1 g/mol. The first-order valence-corrected chi connectivity index (χ1v) is 2.00. The van der Waals surface area contributed by atoms with E-state index in [4.69, 9.17) is 0 Å². The minimum atomic E-state index is 0.958. The highest BCUT2D eigenvalue weighted by molar-refractivity contribution is 4.84. The Balaban J connectivity index is 2.38. The summed E-state index contributed by atoms with van der Waals surface area (Å²) in [5.74, 6) is 0. The Morgan fingerprint density at radius 2 is 2.67 bits per heavy atom. The van der Waals surface area contributed by atoms with E-state index in [1.807, 2.05) is 19.4 Å². The van der Waals surface area contributed by atoms with Crippen LogP contribution in [0, 0.1) is 0 Å². The van der Waals surface area contributed by atoms with Crippen LogP contribution in [0.5, 0.6) is 0 Å². The first-order valence-electron chi connectivity index (χ1n) is 2.00. The topological polar surface area (TPSA) is 15.3 Å². The predicted molar refractivity (Wildman–Crippen MR) is 24.9 cm³/mol. The summed E-state index contributed by atoms with van der Waals surface area (Å²) < 4.78 is 0. The molecule has 1 rings (SSSR count). The summed E-state index contributed by atoms with van der Waals surface area (Å²) in [6, 6.07) is 0. The van der Waals surface area contributed by atoms with Gasteiger partial charge in [-0.15, -0.1) is 0 Å². The minimum Gasteiger partial charge on any atom is -0.373 e. The molecule has 1 N–H and O–H groups in total. The molecule has 0 aromatic carbocycles. The molecule has 0 fully saturated rings. The van der Waals surface area contributed by atoms with Crippen molar-refractivity contribution in [1.29, 1.82) is 0 Å². The molecule has 0 atom stereocenters. The number of nitrogens with zero attached hydrogens (tertiary/aromatic N) is 1. The van der Waals surface area contributed by atoms with Gasteiger partial charge in [0.05, 0.1) is 6.67 Å². The normalized spacial score (nSPS) is 18.5. The molecule has 0 saturated heterocycles. The molecule has 0 aliphatic carbocycles. The van der Waals surface area contributed by atoms with Crippen molar-refractivity contribution in [1.82, 2.24) is 10.2 Å². The van der Waals surface area contributed by atoms with E-state index in [-0.39, 0.29) is 0 Å². The summed E-state index contributed by atoms with van der Waals surface area (Å²) in [6.45, 7) is 0.958. The molecule has 0 aromatic rings. The summed E-state index contributed by atoms with van der Waals surface area (Å²) in [6.07, 6.45) is 3.93. The van der Waals surface area contributed by atoms with Crippen LogP contribution in [-0.4, -0.2) is 18.6 Å². The molecule has 0 spiro atoms. The Bertz CT molecular complexity index is 67.9. The number of hydrogen-bond acceptors (Lipinski definition) is 2. The monoisotopic (exact) mass is 84.1 g/mol. The zero-order valence-corrected chi connectivity index (χ0v) is 3.81. The van der Waals surface area contributed by atoms with Crippen LogP contribution in [-0.2, 0) is 0 Å². The average Bonchev–Trinajstić information content (AvgIpc) is 1.86. The molecule has 2 nitrogen and oxygen atoms in total. The minimum absolute atomic E-state index is 0.958. The molecule has 0 saturated carbocycles. The van der Waals surface area contributed by atoms with E-state index >= 15 is 0 Å². The molecular weight excluding hydrogens is 76.1 g/mol. The van der Waals surface area contributed by atoms with Crippen molar-refractivity contribution >= 4 is 0 Å². The Morgan fingerprint density at radius 1 is 1.83 bits per heavy atom. The van der Waals surface area contributed by atoms with E-state index in [9.17, 15) is 0 Å². The molecule has 1 aliphatic heterocycles. The van der Waals surface area contributed by atoms with Crippen LogP contribution in [0.4, 0.5) is 0 Å². The molecule has 0 bridgehead atoms. The molecule has 1 aliphatic rings. The van der Waals surface area contributed by atoms with Crippen molar-refractivity contribution in [2.45, 2.75) is 0 Å². The van der Waals surface area contributed by atoms with Gasteiger partial charge < -0.3 is 10.2 Å². The van der Waals surface area contributed by atoms with Crippen molar-refractivity contribution in [3.05, 3.63) is 12.4 Å². The maximum Gasteiger partial charge on any atom is 0.0864 e. The van der Waals surface area contributed by atoms with Crippen LogP contribution in [0.15, 0.2) is 12.4 Å². The van der Waals surface area contributed by atoms with Gasteiger partial charge in [-0.2, -0.15) is 0 Å². The molecule has 34 valence electrons. The van der Waals surface area contributed by atoms with E-state index in [2.05, 4.69) is 10.2 Å². The second-order valence-corrected chi connectivity index (χ2v) is 1.43. The van der Waals surface area contributed by atoms with Gasteiger partial charge in [0, 0.05) is 19.4 Å². The lowest BCUT2D eigenvalue weighted by Gasteiger charge is -2.02. The van der Waals surface area contributed by atoms with E-state index in [0.717, 1.165) is 6.67 Å².